The van der Waals surface area contributed by atoms with Crippen LogP contribution in [0.25, 0.3) is 55.3 Å². The zero-order valence-electron chi connectivity index (χ0n) is 21.2. The number of nitriles is 1. The van der Waals surface area contributed by atoms with Crippen LogP contribution in [-0.4, -0.2) is 4.57 Å². The summed E-state index contributed by atoms with van der Waals surface area (Å²) in [5, 5.41) is 11.6. The standard InChI is InChI=1S/C36H26N2/c1-25(24-37)20-26(2)28-12-9-13-29(21-28)31-17-19-36-34(23-31)33-22-30(27-10-5-3-6-11-27)16-18-35(33)38(36)32-14-7-4-8-15-32/h3-23H,2H2,1H3/b25-20+. The number of para-hydroxylation sites is 1. The molecule has 0 bridgehead atoms. The minimum Gasteiger partial charge on any atom is -0.309 e. The van der Waals surface area contributed by atoms with E-state index in [1.807, 2.05) is 12.1 Å². The molecular weight excluding hydrogens is 460 g/mol. The van der Waals surface area contributed by atoms with Crippen molar-refractivity contribution in [2.75, 3.05) is 0 Å². The van der Waals surface area contributed by atoms with Gasteiger partial charge < -0.3 is 4.57 Å². The highest BCUT2D eigenvalue weighted by molar-refractivity contribution is 6.11. The Balaban J connectivity index is 1.56. The highest BCUT2D eigenvalue weighted by Crippen LogP contribution is 2.37. The number of fused-ring (bicyclic) bond motifs is 3. The summed E-state index contributed by atoms with van der Waals surface area (Å²) in [5.74, 6) is 0. The number of rotatable bonds is 5. The molecule has 0 aliphatic heterocycles. The quantitative estimate of drug-likeness (QED) is 0.176. The largest absolute Gasteiger partial charge is 0.309 e. The molecule has 1 heterocycles. The average molecular weight is 487 g/mol. The van der Waals surface area contributed by atoms with E-state index in [2.05, 4.69) is 132 Å². The number of hydrogen-bond acceptors (Lipinski definition) is 1. The second-order valence-electron chi connectivity index (χ2n) is 9.55. The lowest BCUT2D eigenvalue weighted by molar-refractivity contribution is 1.18. The van der Waals surface area contributed by atoms with Gasteiger partial charge in [0.25, 0.3) is 0 Å². The first-order chi connectivity index (χ1) is 18.6. The van der Waals surface area contributed by atoms with Crippen molar-refractivity contribution in [2.45, 2.75) is 6.92 Å². The van der Waals surface area contributed by atoms with Gasteiger partial charge in [0.2, 0.25) is 0 Å². The second-order valence-corrected chi connectivity index (χ2v) is 9.55. The minimum absolute atomic E-state index is 0.643. The van der Waals surface area contributed by atoms with Gasteiger partial charge in [0, 0.05) is 22.0 Å². The fourth-order valence-corrected chi connectivity index (χ4v) is 5.14. The summed E-state index contributed by atoms with van der Waals surface area (Å²) in [6, 6.07) is 45.1. The predicted molar refractivity (Wildman–Crippen MR) is 160 cm³/mol. The zero-order chi connectivity index (χ0) is 26.1. The Morgan fingerprint density at radius 2 is 1.21 bits per heavy atom. The van der Waals surface area contributed by atoms with Crippen LogP contribution in [-0.2, 0) is 0 Å². The Kier molecular flexibility index (Phi) is 5.96. The summed E-state index contributed by atoms with van der Waals surface area (Å²) in [6.07, 6.45) is 1.83. The number of hydrogen-bond donors (Lipinski definition) is 0. The molecule has 2 heteroatoms. The van der Waals surface area contributed by atoms with E-state index in [4.69, 9.17) is 5.26 Å². The molecule has 0 fully saturated rings. The van der Waals surface area contributed by atoms with Crippen LogP contribution < -0.4 is 0 Å². The van der Waals surface area contributed by atoms with Crippen LogP contribution in [0.3, 0.4) is 0 Å². The summed E-state index contributed by atoms with van der Waals surface area (Å²) in [4.78, 5) is 0. The van der Waals surface area contributed by atoms with Crippen LogP contribution in [0.4, 0.5) is 0 Å². The average Bonchev–Trinajstić information content (AvgIpc) is 3.31. The lowest BCUT2D eigenvalue weighted by Gasteiger charge is -2.09. The third kappa shape index (κ3) is 4.21. The Hall–Kier alpha value is -5.13. The Morgan fingerprint density at radius 1 is 0.658 bits per heavy atom. The van der Waals surface area contributed by atoms with Crippen LogP contribution in [0.1, 0.15) is 12.5 Å². The van der Waals surface area contributed by atoms with E-state index < -0.39 is 0 Å². The molecule has 6 rings (SSSR count). The summed E-state index contributed by atoms with van der Waals surface area (Å²) >= 11 is 0. The SMILES string of the molecule is C=C(/C=C(\C)C#N)c1cccc(-c2ccc3c(c2)c2cc(-c4ccccc4)ccc2n3-c2ccccc2)c1. The van der Waals surface area contributed by atoms with Crippen LogP contribution >= 0.6 is 0 Å². The summed E-state index contributed by atoms with van der Waals surface area (Å²) < 4.78 is 2.34. The minimum atomic E-state index is 0.643. The first-order valence-electron chi connectivity index (χ1n) is 12.7. The molecule has 0 saturated heterocycles. The summed E-state index contributed by atoms with van der Waals surface area (Å²) in [5.41, 5.74) is 10.7. The predicted octanol–water partition coefficient (Wildman–Crippen LogP) is 9.60. The zero-order valence-corrected chi connectivity index (χ0v) is 21.2. The molecule has 0 unspecified atom stereocenters. The van der Waals surface area contributed by atoms with Gasteiger partial charge in [-0.1, -0.05) is 85.4 Å². The number of allylic oxidation sites excluding steroid dienone is 3. The topological polar surface area (TPSA) is 28.7 Å². The summed E-state index contributed by atoms with van der Waals surface area (Å²) in [7, 11) is 0. The Bertz CT molecular complexity index is 1880. The van der Waals surface area contributed by atoms with E-state index in [9.17, 15) is 0 Å². The molecule has 0 aliphatic rings. The molecule has 0 N–H and O–H groups in total. The van der Waals surface area contributed by atoms with E-state index in [0.717, 1.165) is 28.0 Å². The van der Waals surface area contributed by atoms with Crippen LogP contribution in [0.15, 0.2) is 140 Å². The third-order valence-electron chi connectivity index (χ3n) is 7.02. The van der Waals surface area contributed by atoms with Gasteiger partial charge in [-0.15, -0.1) is 0 Å². The van der Waals surface area contributed by atoms with Gasteiger partial charge in [-0.2, -0.15) is 5.26 Å². The lowest BCUT2D eigenvalue weighted by Crippen LogP contribution is -1.93. The van der Waals surface area contributed by atoms with Crippen LogP contribution in [0, 0.1) is 11.3 Å². The van der Waals surface area contributed by atoms with Crippen molar-refractivity contribution < 1.29 is 0 Å². The van der Waals surface area contributed by atoms with E-state index >= 15 is 0 Å². The molecule has 1 aromatic heterocycles. The molecule has 0 amide bonds. The van der Waals surface area contributed by atoms with Gasteiger partial charge >= 0.3 is 0 Å². The maximum absolute atomic E-state index is 9.17. The van der Waals surface area contributed by atoms with Gasteiger partial charge in [-0.3, -0.25) is 0 Å². The van der Waals surface area contributed by atoms with E-state index in [1.165, 1.54) is 32.9 Å². The van der Waals surface area contributed by atoms with Crippen molar-refractivity contribution in [3.05, 3.63) is 145 Å². The van der Waals surface area contributed by atoms with Crippen LogP contribution in [0.2, 0.25) is 0 Å². The maximum atomic E-state index is 9.17. The molecule has 0 radical (unpaired) electrons. The van der Waals surface area contributed by atoms with E-state index in [0.29, 0.717) is 5.57 Å². The number of benzene rings is 5. The van der Waals surface area contributed by atoms with Gasteiger partial charge in [0.05, 0.1) is 17.1 Å². The van der Waals surface area contributed by atoms with Crippen molar-refractivity contribution in [2.24, 2.45) is 0 Å². The van der Waals surface area contributed by atoms with Gasteiger partial charge in [-0.25, -0.2) is 0 Å². The smallest absolute Gasteiger partial charge is 0.0944 e. The molecule has 0 spiro atoms. The highest BCUT2D eigenvalue weighted by atomic mass is 15.0. The third-order valence-corrected chi connectivity index (χ3v) is 7.02. The van der Waals surface area contributed by atoms with Gasteiger partial charge in [0.1, 0.15) is 0 Å². The van der Waals surface area contributed by atoms with Crippen molar-refractivity contribution in [3.63, 3.8) is 0 Å². The Morgan fingerprint density at radius 3 is 1.84 bits per heavy atom. The van der Waals surface area contributed by atoms with Gasteiger partial charge in [0.15, 0.2) is 0 Å². The van der Waals surface area contributed by atoms with Crippen molar-refractivity contribution in [1.82, 2.24) is 4.57 Å². The fraction of sp³-hybridized carbons (Fsp3) is 0.0278. The van der Waals surface area contributed by atoms with Gasteiger partial charge in [-0.05, 0) is 88.9 Å². The molecule has 6 aromatic rings. The first kappa shape index (κ1) is 23.3. The van der Waals surface area contributed by atoms with E-state index in [1.54, 1.807) is 6.92 Å². The Labute approximate surface area is 223 Å². The number of nitrogens with zero attached hydrogens (tertiary/aromatic N) is 2. The molecule has 180 valence electrons. The van der Waals surface area contributed by atoms with Crippen molar-refractivity contribution in [3.8, 4) is 34.0 Å². The monoisotopic (exact) mass is 486 g/mol. The normalized spacial score (nSPS) is 11.5. The maximum Gasteiger partial charge on any atom is 0.0944 e. The second kappa shape index (κ2) is 9.73. The molecule has 38 heavy (non-hydrogen) atoms. The molecule has 2 nitrogen and oxygen atoms in total. The molecule has 5 aromatic carbocycles. The molecule has 0 atom stereocenters. The fourth-order valence-electron chi connectivity index (χ4n) is 5.14. The first-order valence-corrected chi connectivity index (χ1v) is 12.7. The lowest BCUT2D eigenvalue weighted by atomic mass is 9.97. The number of aromatic nitrogens is 1. The molecular formula is C36H26N2. The molecule has 0 aliphatic carbocycles. The summed E-state index contributed by atoms with van der Waals surface area (Å²) in [6.45, 7) is 5.98. The highest BCUT2D eigenvalue weighted by Gasteiger charge is 2.14. The van der Waals surface area contributed by atoms with Crippen LogP contribution in [0.5, 0.6) is 0 Å². The van der Waals surface area contributed by atoms with Crippen molar-refractivity contribution >= 4 is 27.4 Å². The van der Waals surface area contributed by atoms with Crippen molar-refractivity contribution in [1.29, 1.82) is 5.26 Å². The molecule has 0 saturated carbocycles. The van der Waals surface area contributed by atoms with E-state index in [-0.39, 0.29) is 0 Å².